The van der Waals surface area contributed by atoms with Gasteiger partial charge in [-0.25, -0.2) is 4.98 Å². The molecule has 1 heterocycles. The SMILES string of the molecule is CCc1nccn1C(CC)CC(N)c1ccc(Cl)cc1. The molecule has 0 saturated carbocycles. The normalized spacial score (nSPS) is 14.2. The van der Waals surface area contributed by atoms with E-state index in [1.807, 2.05) is 30.5 Å². The van der Waals surface area contributed by atoms with Gasteiger partial charge in [0.25, 0.3) is 0 Å². The van der Waals surface area contributed by atoms with Crippen LogP contribution in [0.3, 0.4) is 0 Å². The van der Waals surface area contributed by atoms with Crippen LogP contribution in [0.1, 0.15) is 50.2 Å². The summed E-state index contributed by atoms with van der Waals surface area (Å²) in [6.45, 7) is 4.32. The number of benzene rings is 1. The number of hydrogen-bond acceptors (Lipinski definition) is 2. The number of aryl methyl sites for hydroxylation is 1. The Morgan fingerprint density at radius 3 is 2.55 bits per heavy atom. The van der Waals surface area contributed by atoms with Crippen molar-refractivity contribution in [1.82, 2.24) is 9.55 Å². The van der Waals surface area contributed by atoms with Gasteiger partial charge in [-0.05, 0) is 30.5 Å². The minimum atomic E-state index is 0.0179. The van der Waals surface area contributed by atoms with Crippen molar-refractivity contribution in [2.75, 3.05) is 0 Å². The third kappa shape index (κ3) is 3.41. The van der Waals surface area contributed by atoms with Crippen LogP contribution in [0.25, 0.3) is 0 Å². The first-order valence-electron chi connectivity index (χ1n) is 7.18. The zero-order valence-corrected chi connectivity index (χ0v) is 12.8. The van der Waals surface area contributed by atoms with Crippen LogP contribution in [0.15, 0.2) is 36.7 Å². The third-order valence-corrected chi connectivity index (χ3v) is 4.01. The van der Waals surface area contributed by atoms with Gasteiger partial charge in [-0.1, -0.05) is 37.6 Å². The van der Waals surface area contributed by atoms with Gasteiger partial charge in [0.05, 0.1) is 0 Å². The molecule has 108 valence electrons. The van der Waals surface area contributed by atoms with Crippen molar-refractivity contribution in [2.24, 2.45) is 5.73 Å². The van der Waals surface area contributed by atoms with Crippen LogP contribution < -0.4 is 5.73 Å². The van der Waals surface area contributed by atoms with Crippen molar-refractivity contribution < 1.29 is 0 Å². The molecule has 0 aliphatic carbocycles. The van der Waals surface area contributed by atoms with Crippen molar-refractivity contribution in [3.05, 3.63) is 53.1 Å². The predicted octanol–water partition coefficient (Wildman–Crippen LogP) is 4.14. The summed E-state index contributed by atoms with van der Waals surface area (Å²) in [5.74, 6) is 1.13. The van der Waals surface area contributed by atoms with Gasteiger partial charge in [-0.2, -0.15) is 0 Å². The Labute approximate surface area is 125 Å². The Hall–Kier alpha value is -1.32. The van der Waals surface area contributed by atoms with Crippen LogP contribution in [-0.2, 0) is 6.42 Å². The number of imidazole rings is 1. The first-order valence-corrected chi connectivity index (χ1v) is 7.56. The monoisotopic (exact) mass is 291 g/mol. The van der Waals surface area contributed by atoms with Crippen LogP contribution >= 0.6 is 11.6 Å². The topological polar surface area (TPSA) is 43.8 Å². The van der Waals surface area contributed by atoms with Crippen molar-refractivity contribution in [3.63, 3.8) is 0 Å². The van der Waals surface area contributed by atoms with Crippen LogP contribution in [0.5, 0.6) is 0 Å². The van der Waals surface area contributed by atoms with E-state index in [0.29, 0.717) is 6.04 Å². The van der Waals surface area contributed by atoms with Crippen LogP contribution in [-0.4, -0.2) is 9.55 Å². The van der Waals surface area contributed by atoms with Gasteiger partial charge in [0.15, 0.2) is 0 Å². The van der Waals surface area contributed by atoms with E-state index >= 15 is 0 Å². The fourth-order valence-electron chi connectivity index (χ4n) is 2.57. The molecule has 0 spiro atoms. The number of hydrogen-bond donors (Lipinski definition) is 1. The summed E-state index contributed by atoms with van der Waals surface area (Å²) in [6, 6.07) is 8.21. The lowest BCUT2D eigenvalue weighted by Gasteiger charge is -2.23. The lowest BCUT2D eigenvalue weighted by molar-refractivity contribution is 0.404. The Balaban J connectivity index is 2.12. The quantitative estimate of drug-likeness (QED) is 0.869. The molecule has 4 heteroatoms. The lowest BCUT2D eigenvalue weighted by Crippen LogP contribution is -2.19. The summed E-state index contributed by atoms with van der Waals surface area (Å²) in [4.78, 5) is 4.40. The number of nitrogens with two attached hydrogens (primary N) is 1. The van der Waals surface area contributed by atoms with E-state index in [1.165, 1.54) is 0 Å². The third-order valence-electron chi connectivity index (χ3n) is 3.75. The van der Waals surface area contributed by atoms with E-state index in [1.54, 1.807) is 0 Å². The van der Waals surface area contributed by atoms with Crippen LogP contribution in [0.4, 0.5) is 0 Å². The molecule has 0 amide bonds. The highest BCUT2D eigenvalue weighted by Gasteiger charge is 2.17. The summed E-state index contributed by atoms with van der Waals surface area (Å²) in [7, 11) is 0. The summed E-state index contributed by atoms with van der Waals surface area (Å²) in [6.07, 6.45) is 6.82. The second-order valence-electron chi connectivity index (χ2n) is 5.06. The smallest absolute Gasteiger partial charge is 0.108 e. The van der Waals surface area contributed by atoms with Crippen molar-refractivity contribution in [1.29, 1.82) is 0 Å². The number of rotatable bonds is 6. The molecule has 0 saturated heterocycles. The fourth-order valence-corrected chi connectivity index (χ4v) is 2.69. The van der Waals surface area contributed by atoms with Gasteiger partial charge >= 0.3 is 0 Å². The number of nitrogens with zero attached hydrogens (tertiary/aromatic N) is 2. The maximum absolute atomic E-state index is 6.34. The van der Waals surface area contributed by atoms with E-state index in [-0.39, 0.29) is 6.04 Å². The second-order valence-corrected chi connectivity index (χ2v) is 5.50. The van der Waals surface area contributed by atoms with Crippen molar-refractivity contribution >= 4 is 11.6 Å². The molecule has 0 aliphatic rings. The zero-order chi connectivity index (χ0) is 14.5. The minimum Gasteiger partial charge on any atom is -0.332 e. The molecule has 1 aromatic carbocycles. The molecule has 0 aliphatic heterocycles. The predicted molar refractivity (Wildman–Crippen MR) is 83.9 cm³/mol. The molecular formula is C16H22ClN3. The highest BCUT2D eigenvalue weighted by Crippen LogP contribution is 2.26. The highest BCUT2D eigenvalue weighted by atomic mass is 35.5. The molecule has 2 N–H and O–H groups in total. The van der Waals surface area contributed by atoms with Gasteiger partial charge in [0, 0.05) is 35.9 Å². The minimum absolute atomic E-state index is 0.0179. The fraction of sp³-hybridized carbons (Fsp3) is 0.438. The average Bonchev–Trinajstić information content (AvgIpc) is 2.93. The summed E-state index contributed by atoms with van der Waals surface area (Å²) in [5.41, 5.74) is 7.47. The molecule has 2 atom stereocenters. The van der Waals surface area contributed by atoms with Gasteiger partial charge in [-0.15, -0.1) is 0 Å². The van der Waals surface area contributed by atoms with Gasteiger partial charge < -0.3 is 10.3 Å². The molecule has 20 heavy (non-hydrogen) atoms. The molecule has 2 aromatic rings. The molecule has 2 rings (SSSR count). The van der Waals surface area contributed by atoms with E-state index in [9.17, 15) is 0 Å². The zero-order valence-electron chi connectivity index (χ0n) is 12.1. The first kappa shape index (κ1) is 15.1. The molecule has 3 nitrogen and oxygen atoms in total. The highest BCUT2D eigenvalue weighted by molar-refractivity contribution is 6.30. The van der Waals surface area contributed by atoms with Gasteiger partial charge in [0.1, 0.15) is 5.82 Å². The average molecular weight is 292 g/mol. The van der Waals surface area contributed by atoms with E-state index in [4.69, 9.17) is 17.3 Å². The van der Waals surface area contributed by atoms with E-state index < -0.39 is 0 Å². The molecular weight excluding hydrogens is 270 g/mol. The Morgan fingerprint density at radius 1 is 1.25 bits per heavy atom. The Bertz CT molecular complexity index is 533. The largest absolute Gasteiger partial charge is 0.332 e. The van der Waals surface area contributed by atoms with E-state index in [0.717, 1.165) is 35.7 Å². The standard InChI is InChI=1S/C16H22ClN3/c1-3-14(20-10-9-19-16(20)4-2)11-15(18)12-5-7-13(17)8-6-12/h5-10,14-15H,3-4,11,18H2,1-2H3. The lowest BCUT2D eigenvalue weighted by atomic mass is 9.98. The van der Waals surface area contributed by atoms with Crippen LogP contribution in [0, 0.1) is 0 Å². The maximum Gasteiger partial charge on any atom is 0.108 e. The summed E-state index contributed by atoms with van der Waals surface area (Å²) >= 11 is 5.92. The second kappa shape index (κ2) is 6.91. The van der Waals surface area contributed by atoms with Gasteiger partial charge in [0.2, 0.25) is 0 Å². The molecule has 1 aromatic heterocycles. The number of halogens is 1. The van der Waals surface area contributed by atoms with Crippen molar-refractivity contribution in [3.8, 4) is 0 Å². The van der Waals surface area contributed by atoms with Crippen molar-refractivity contribution in [2.45, 2.75) is 45.2 Å². The van der Waals surface area contributed by atoms with Gasteiger partial charge in [-0.3, -0.25) is 0 Å². The molecule has 0 bridgehead atoms. The molecule has 2 unspecified atom stereocenters. The summed E-state index contributed by atoms with van der Waals surface area (Å²) < 4.78 is 2.26. The number of aromatic nitrogens is 2. The van der Waals surface area contributed by atoms with E-state index in [2.05, 4.69) is 29.6 Å². The Kier molecular flexibility index (Phi) is 5.21. The molecule has 0 fully saturated rings. The Morgan fingerprint density at radius 2 is 1.95 bits per heavy atom. The maximum atomic E-state index is 6.34. The first-order chi connectivity index (χ1) is 9.65. The summed E-state index contributed by atoms with van der Waals surface area (Å²) in [5, 5.41) is 0.746. The molecule has 0 radical (unpaired) electrons. The van der Waals surface area contributed by atoms with Crippen LogP contribution in [0.2, 0.25) is 5.02 Å².